The molecule has 0 aliphatic rings. The molecule has 0 fully saturated rings. The van der Waals surface area contributed by atoms with E-state index in [2.05, 4.69) is 15.6 Å². The van der Waals surface area contributed by atoms with Crippen LogP contribution in [0.25, 0.3) is 0 Å². The first-order chi connectivity index (χ1) is 8.56. The lowest BCUT2D eigenvalue weighted by Crippen LogP contribution is -2.38. The molecule has 96 valence electrons. The van der Waals surface area contributed by atoms with Crippen LogP contribution >= 0.6 is 11.6 Å². The van der Waals surface area contributed by atoms with Gasteiger partial charge in [-0.05, 0) is 25.5 Å². The lowest BCUT2D eigenvalue weighted by Gasteiger charge is -2.14. The van der Waals surface area contributed by atoms with Crippen molar-refractivity contribution in [1.29, 1.82) is 5.26 Å². The summed E-state index contributed by atoms with van der Waals surface area (Å²) in [5, 5.41) is 14.7. The average Bonchev–Trinajstić information content (AvgIpc) is 2.34. The van der Waals surface area contributed by atoms with Crippen LogP contribution in [0.15, 0.2) is 12.1 Å². The van der Waals surface area contributed by atoms with E-state index < -0.39 is 6.04 Å². The molecule has 0 bridgehead atoms. The van der Waals surface area contributed by atoms with Crippen LogP contribution < -0.4 is 10.6 Å². The molecule has 0 saturated heterocycles. The summed E-state index contributed by atoms with van der Waals surface area (Å²) >= 11 is 5.77. The highest BCUT2D eigenvalue weighted by Crippen LogP contribution is 2.14. The van der Waals surface area contributed by atoms with E-state index in [1.807, 2.05) is 13.0 Å². The van der Waals surface area contributed by atoms with Gasteiger partial charge in [0, 0.05) is 6.54 Å². The number of hydrogen-bond acceptors (Lipinski definition) is 4. The second-order valence-corrected chi connectivity index (χ2v) is 4.22. The van der Waals surface area contributed by atoms with Crippen molar-refractivity contribution in [1.82, 2.24) is 10.3 Å². The Bertz CT molecular complexity index is 470. The zero-order valence-electron chi connectivity index (χ0n) is 10.3. The SMILES string of the molecule is CCCNC(=O)C(C)Nc1cc(C#N)cc(Cl)n1. The number of halogens is 1. The normalized spacial score (nSPS) is 11.4. The van der Waals surface area contributed by atoms with Gasteiger partial charge in [-0.1, -0.05) is 18.5 Å². The van der Waals surface area contributed by atoms with E-state index in [4.69, 9.17) is 16.9 Å². The molecule has 2 N–H and O–H groups in total. The van der Waals surface area contributed by atoms with Gasteiger partial charge in [0.2, 0.25) is 5.91 Å². The Kier molecular flexibility index (Phi) is 5.40. The molecule has 1 unspecified atom stereocenters. The average molecular weight is 267 g/mol. The predicted molar refractivity (Wildman–Crippen MR) is 70.3 cm³/mol. The summed E-state index contributed by atoms with van der Waals surface area (Å²) in [6.07, 6.45) is 0.881. The smallest absolute Gasteiger partial charge is 0.242 e. The van der Waals surface area contributed by atoms with E-state index in [0.717, 1.165) is 6.42 Å². The molecular formula is C12H15ClN4O. The van der Waals surface area contributed by atoms with E-state index >= 15 is 0 Å². The Labute approximate surface area is 111 Å². The molecule has 1 heterocycles. The molecular weight excluding hydrogens is 252 g/mol. The van der Waals surface area contributed by atoms with Crippen molar-refractivity contribution >= 4 is 23.3 Å². The van der Waals surface area contributed by atoms with Gasteiger partial charge in [0.15, 0.2) is 0 Å². The van der Waals surface area contributed by atoms with Gasteiger partial charge >= 0.3 is 0 Å². The number of rotatable bonds is 5. The summed E-state index contributed by atoms with van der Waals surface area (Å²) < 4.78 is 0. The molecule has 1 aromatic heterocycles. The summed E-state index contributed by atoms with van der Waals surface area (Å²) in [6, 6.07) is 4.56. The summed E-state index contributed by atoms with van der Waals surface area (Å²) in [7, 11) is 0. The van der Waals surface area contributed by atoms with E-state index in [-0.39, 0.29) is 11.1 Å². The molecule has 0 aliphatic carbocycles. The molecule has 1 aromatic rings. The second kappa shape index (κ2) is 6.82. The third-order valence-electron chi connectivity index (χ3n) is 2.23. The van der Waals surface area contributed by atoms with Crippen LogP contribution in [0.2, 0.25) is 5.15 Å². The Morgan fingerprint density at radius 3 is 2.94 bits per heavy atom. The molecule has 1 rings (SSSR count). The number of carbonyl (C=O) groups excluding carboxylic acids is 1. The molecule has 1 amide bonds. The van der Waals surface area contributed by atoms with Crippen LogP contribution in [0.4, 0.5) is 5.82 Å². The van der Waals surface area contributed by atoms with Crippen LogP contribution in [-0.2, 0) is 4.79 Å². The topological polar surface area (TPSA) is 77.8 Å². The third-order valence-corrected chi connectivity index (χ3v) is 2.42. The highest BCUT2D eigenvalue weighted by molar-refractivity contribution is 6.29. The third kappa shape index (κ3) is 4.22. The van der Waals surface area contributed by atoms with Crippen LogP contribution in [0.5, 0.6) is 0 Å². The molecule has 0 spiro atoms. The van der Waals surface area contributed by atoms with Crippen molar-refractivity contribution in [3.63, 3.8) is 0 Å². The molecule has 1 atom stereocenters. The highest BCUT2D eigenvalue weighted by atomic mass is 35.5. The van der Waals surface area contributed by atoms with Crippen LogP contribution in [-0.4, -0.2) is 23.5 Å². The number of nitrogens with one attached hydrogen (secondary N) is 2. The van der Waals surface area contributed by atoms with Crippen molar-refractivity contribution in [3.8, 4) is 6.07 Å². The molecule has 0 radical (unpaired) electrons. The molecule has 6 heteroatoms. The minimum Gasteiger partial charge on any atom is -0.359 e. The lowest BCUT2D eigenvalue weighted by molar-refractivity contribution is -0.121. The van der Waals surface area contributed by atoms with E-state index in [1.165, 1.54) is 6.07 Å². The summed E-state index contributed by atoms with van der Waals surface area (Å²) in [5.41, 5.74) is 0.402. The summed E-state index contributed by atoms with van der Waals surface area (Å²) in [5.74, 6) is 0.301. The van der Waals surface area contributed by atoms with Gasteiger partial charge in [0.05, 0.1) is 11.6 Å². The fourth-order valence-corrected chi connectivity index (χ4v) is 1.53. The first-order valence-corrected chi connectivity index (χ1v) is 6.06. The number of aromatic nitrogens is 1. The zero-order chi connectivity index (χ0) is 13.5. The van der Waals surface area contributed by atoms with Gasteiger partial charge in [0.1, 0.15) is 17.0 Å². The predicted octanol–water partition coefficient (Wildman–Crippen LogP) is 1.93. The fraction of sp³-hybridized carbons (Fsp3) is 0.417. The maximum atomic E-state index is 11.6. The van der Waals surface area contributed by atoms with Crippen molar-refractivity contribution in [2.45, 2.75) is 26.3 Å². The van der Waals surface area contributed by atoms with Crippen LogP contribution in [0, 0.1) is 11.3 Å². The fourth-order valence-electron chi connectivity index (χ4n) is 1.32. The van der Waals surface area contributed by atoms with Crippen LogP contribution in [0.3, 0.4) is 0 Å². The number of nitrogens with zero attached hydrogens (tertiary/aromatic N) is 2. The quantitative estimate of drug-likeness (QED) is 0.799. The van der Waals surface area contributed by atoms with E-state index in [0.29, 0.717) is 17.9 Å². The number of amides is 1. The number of hydrogen-bond donors (Lipinski definition) is 2. The molecule has 18 heavy (non-hydrogen) atoms. The Balaban J connectivity index is 2.70. The largest absolute Gasteiger partial charge is 0.359 e. The highest BCUT2D eigenvalue weighted by Gasteiger charge is 2.12. The van der Waals surface area contributed by atoms with Gasteiger partial charge in [-0.3, -0.25) is 4.79 Å². The molecule has 0 aliphatic heterocycles. The van der Waals surface area contributed by atoms with Crippen molar-refractivity contribution in [3.05, 3.63) is 22.8 Å². The number of nitriles is 1. The Morgan fingerprint density at radius 2 is 2.33 bits per heavy atom. The van der Waals surface area contributed by atoms with E-state index in [1.54, 1.807) is 13.0 Å². The lowest BCUT2D eigenvalue weighted by atomic mass is 10.2. The zero-order valence-corrected chi connectivity index (χ0v) is 11.1. The van der Waals surface area contributed by atoms with Gasteiger partial charge in [0.25, 0.3) is 0 Å². The van der Waals surface area contributed by atoms with Crippen molar-refractivity contribution < 1.29 is 4.79 Å². The monoisotopic (exact) mass is 266 g/mol. The standard InChI is InChI=1S/C12H15ClN4O/c1-3-4-15-12(18)8(2)16-11-6-9(7-14)5-10(13)17-11/h5-6,8H,3-4H2,1-2H3,(H,15,18)(H,16,17). The first-order valence-electron chi connectivity index (χ1n) is 5.68. The van der Waals surface area contributed by atoms with Gasteiger partial charge in [-0.15, -0.1) is 0 Å². The maximum absolute atomic E-state index is 11.6. The molecule has 0 saturated carbocycles. The van der Waals surface area contributed by atoms with Gasteiger partial charge in [-0.2, -0.15) is 5.26 Å². The Morgan fingerprint density at radius 1 is 1.61 bits per heavy atom. The number of pyridine rings is 1. The summed E-state index contributed by atoms with van der Waals surface area (Å²) in [6.45, 7) is 4.34. The van der Waals surface area contributed by atoms with Crippen LogP contribution in [0.1, 0.15) is 25.8 Å². The van der Waals surface area contributed by atoms with E-state index in [9.17, 15) is 4.79 Å². The number of carbonyl (C=O) groups is 1. The summed E-state index contributed by atoms with van der Waals surface area (Å²) in [4.78, 5) is 15.7. The second-order valence-electron chi connectivity index (χ2n) is 3.83. The minimum atomic E-state index is -0.436. The molecule has 0 aromatic carbocycles. The van der Waals surface area contributed by atoms with Crippen molar-refractivity contribution in [2.75, 3.05) is 11.9 Å². The number of anilines is 1. The van der Waals surface area contributed by atoms with Crippen molar-refractivity contribution in [2.24, 2.45) is 0 Å². The van der Waals surface area contributed by atoms with Gasteiger partial charge in [-0.25, -0.2) is 4.98 Å². The minimum absolute atomic E-state index is 0.114. The first kappa shape index (κ1) is 14.3. The van der Waals surface area contributed by atoms with Gasteiger partial charge < -0.3 is 10.6 Å². The maximum Gasteiger partial charge on any atom is 0.242 e. The molecule has 5 nitrogen and oxygen atoms in total. The Hall–Kier alpha value is -1.80.